The lowest BCUT2D eigenvalue weighted by Gasteiger charge is -2.09. The molecule has 2 aliphatic carbocycles. The summed E-state index contributed by atoms with van der Waals surface area (Å²) >= 11 is 7.42. The molecule has 2 saturated carbocycles. The van der Waals surface area contributed by atoms with Crippen LogP contribution in [0.1, 0.15) is 49.0 Å². The van der Waals surface area contributed by atoms with Crippen LogP contribution in [-0.2, 0) is 6.61 Å². The maximum Gasteiger partial charge on any atom is 0.197 e. The van der Waals surface area contributed by atoms with Crippen LogP contribution in [0.5, 0.6) is 0 Å². The normalized spacial score (nSPS) is 18.2. The zero-order valence-electron chi connectivity index (χ0n) is 11.2. The molecule has 0 radical (unpaired) electrons. The van der Waals surface area contributed by atoms with E-state index in [1.165, 1.54) is 43.8 Å². The molecule has 4 rings (SSSR count). The van der Waals surface area contributed by atoms with E-state index in [9.17, 15) is 5.11 Å². The summed E-state index contributed by atoms with van der Waals surface area (Å²) < 4.78 is 2.25. The molecule has 110 valence electrons. The first kappa shape index (κ1) is 13.5. The first-order valence-electron chi connectivity index (χ1n) is 7.00. The Morgan fingerprint density at radius 3 is 2.71 bits per heavy atom. The molecule has 21 heavy (non-hydrogen) atoms. The zero-order valence-corrected chi connectivity index (χ0v) is 12.8. The van der Waals surface area contributed by atoms with Gasteiger partial charge in [0.2, 0.25) is 0 Å². The number of rotatable bonds is 5. The molecule has 0 amide bonds. The summed E-state index contributed by atoms with van der Waals surface area (Å²) in [5, 5.41) is 19.9. The van der Waals surface area contributed by atoms with Crippen LogP contribution in [0.4, 0.5) is 0 Å². The molecule has 6 nitrogen and oxygen atoms in total. The van der Waals surface area contributed by atoms with Crippen molar-refractivity contribution in [2.24, 2.45) is 0 Å². The van der Waals surface area contributed by atoms with Crippen LogP contribution in [0.25, 0.3) is 0 Å². The van der Waals surface area contributed by atoms with E-state index in [2.05, 4.69) is 24.7 Å². The first-order valence-corrected chi connectivity index (χ1v) is 8.20. The van der Waals surface area contributed by atoms with E-state index < -0.39 is 0 Å². The molecule has 8 heteroatoms. The van der Waals surface area contributed by atoms with Gasteiger partial charge in [0, 0.05) is 17.5 Å². The van der Waals surface area contributed by atoms with Crippen LogP contribution < -0.4 is 0 Å². The molecule has 0 unspecified atom stereocenters. The topological polar surface area (TPSA) is 76.7 Å². The second kappa shape index (κ2) is 5.23. The van der Waals surface area contributed by atoms with Crippen LogP contribution in [0.15, 0.2) is 16.5 Å². The average molecular weight is 324 g/mol. The third kappa shape index (κ3) is 2.54. The van der Waals surface area contributed by atoms with Gasteiger partial charge in [-0.1, -0.05) is 11.6 Å². The second-order valence-corrected chi connectivity index (χ2v) is 6.74. The lowest BCUT2D eigenvalue weighted by molar-refractivity contribution is 0.277. The van der Waals surface area contributed by atoms with E-state index in [-0.39, 0.29) is 11.8 Å². The Morgan fingerprint density at radius 1 is 1.24 bits per heavy atom. The average Bonchev–Trinajstić information content (AvgIpc) is 3.39. The largest absolute Gasteiger partial charge is 0.391 e. The molecule has 0 aliphatic heterocycles. The predicted molar refractivity (Wildman–Crippen MR) is 77.4 cm³/mol. The molecule has 0 aromatic carbocycles. The molecular weight excluding hydrogens is 310 g/mol. The van der Waals surface area contributed by atoms with Crippen molar-refractivity contribution in [2.45, 2.75) is 54.4 Å². The van der Waals surface area contributed by atoms with E-state index in [0.717, 1.165) is 11.0 Å². The number of nitrogens with zero attached hydrogens (tertiary/aromatic N) is 5. The minimum atomic E-state index is -0.185. The van der Waals surface area contributed by atoms with Crippen LogP contribution in [0, 0.1) is 0 Å². The van der Waals surface area contributed by atoms with Crippen molar-refractivity contribution in [3.63, 3.8) is 0 Å². The van der Waals surface area contributed by atoms with Gasteiger partial charge in [-0.3, -0.25) is 0 Å². The maximum atomic E-state index is 9.45. The van der Waals surface area contributed by atoms with Gasteiger partial charge >= 0.3 is 0 Å². The Kier molecular flexibility index (Phi) is 3.35. The Morgan fingerprint density at radius 2 is 2.05 bits per heavy atom. The van der Waals surface area contributed by atoms with Gasteiger partial charge in [0.25, 0.3) is 0 Å². The molecule has 1 N–H and O–H groups in total. The van der Waals surface area contributed by atoms with Gasteiger partial charge in [-0.2, -0.15) is 0 Å². The quantitative estimate of drug-likeness (QED) is 0.852. The summed E-state index contributed by atoms with van der Waals surface area (Å²) in [5.74, 6) is 1.67. The fourth-order valence-electron chi connectivity index (χ4n) is 2.34. The summed E-state index contributed by atoms with van der Waals surface area (Å²) in [6.45, 7) is -0.185. The summed E-state index contributed by atoms with van der Waals surface area (Å²) in [5.41, 5.74) is 0.544. The van der Waals surface area contributed by atoms with Crippen LogP contribution >= 0.6 is 23.4 Å². The Labute approximate surface area is 131 Å². The highest BCUT2D eigenvalue weighted by Crippen LogP contribution is 2.46. The van der Waals surface area contributed by atoms with Crippen molar-refractivity contribution in [1.29, 1.82) is 0 Å². The van der Waals surface area contributed by atoms with Crippen molar-refractivity contribution >= 4 is 23.4 Å². The van der Waals surface area contributed by atoms with E-state index in [1.807, 2.05) is 0 Å². The van der Waals surface area contributed by atoms with E-state index in [1.54, 1.807) is 0 Å². The van der Waals surface area contributed by atoms with Gasteiger partial charge in [-0.15, -0.1) is 10.2 Å². The van der Waals surface area contributed by atoms with Crippen LogP contribution in [0.3, 0.4) is 0 Å². The van der Waals surface area contributed by atoms with Crippen molar-refractivity contribution in [3.8, 4) is 0 Å². The molecule has 2 aromatic rings. The standard InChI is InChI=1S/C13H14ClN5OS/c14-10-9(5-20)12(16-6-15-10)21-13-18-17-11(7-1-2-7)19(13)8-3-4-8/h6-8,20H,1-5H2. The highest BCUT2D eigenvalue weighted by molar-refractivity contribution is 7.99. The van der Waals surface area contributed by atoms with E-state index >= 15 is 0 Å². The van der Waals surface area contributed by atoms with Gasteiger partial charge < -0.3 is 9.67 Å². The van der Waals surface area contributed by atoms with Gasteiger partial charge in [0.15, 0.2) is 5.16 Å². The van der Waals surface area contributed by atoms with Gasteiger partial charge in [-0.25, -0.2) is 9.97 Å². The smallest absolute Gasteiger partial charge is 0.197 e. The number of aromatic nitrogens is 5. The summed E-state index contributed by atoms with van der Waals surface area (Å²) in [7, 11) is 0. The molecular formula is C13H14ClN5OS. The predicted octanol–water partition coefficient (Wildman–Crippen LogP) is 2.58. The second-order valence-electron chi connectivity index (χ2n) is 5.42. The number of hydrogen-bond donors (Lipinski definition) is 1. The molecule has 2 aromatic heterocycles. The molecule has 0 atom stereocenters. The zero-order chi connectivity index (χ0) is 14.4. The minimum absolute atomic E-state index is 0.185. The monoisotopic (exact) mass is 323 g/mol. The molecule has 0 saturated heterocycles. The van der Waals surface area contributed by atoms with Crippen molar-refractivity contribution in [1.82, 2.24) is 24.7 Å². The summed E-state index contributed by atoms with van der Waals surface area (Å²) in [4.78, 5) is 8.13. The lowest BCUT2D eigenvalue weighted by Crippen LogP contribution is -2.03. The number of aliphatic hydroxyl groups is 1. The van der Waals surface area contributed by atoms with Crippen molar-refractivity contribution in [3.05, 3.63) is 22.9 Å². The molecule has 2 heterocycles. The molecule has 2 fully saturated rings. The van der Waals surface area contributed by atoms with Gasteiger partial charge in [-0.05, 0) is 37.4 Å². The van der Waals surface area contributed by atoms with Crippen LogP contribution in [0.2, 0.25) is 5.15 Å². The minimum Gasteiger partial charge on any atom is -0.391 e. The first-order chi connectivity index (χ1) is 10.3. The summed E-state index contributed by atoms with van der Waals surface area (Å²) in [6.07, 6.45) is 6.18. The fourth-order valence-corrected chi connectivity index (χ4v) is 3.57. The number of halogens is 1. The lowest BCUT2D eigenvalue weighted by atomic mass is 10.4. The third-order valence-corrected chi connectivity index (χ3v) is 5.08. The van der Waals surface area contributed by atoms with Gasteiger partial charge in [0.1, 0.15) is 22.3 Å². The van der Waals surface area contributed by atoms with Crippen LogP contribution in [-0.4, -0.2) is 29.8 Å². The SMILES string of the molecule is OCc1c(Cl)ncnc1Sc1nnc(C2CC2)n1C1CC1. The van der Waals surface area contributed by atoms with Crippen molar-refractivity contribution < 1.29 is 5.11 Å². The Balaban J connectivity index is 1.70. The number of hydrogen-bond acceptors (Lipinski definition) is 6. The van der Waals surface area contributed by atoms with Gasteiger partial charge in [0.05, 0.1) is 6.61 Å². The highest BCUT2D eigenvalue weighted by atomic mass is 35.5. The van der Waals surface area contributed by atoms with Crippen molar-refractivity contribution in [2.75, 3.05) is 0 Å². The molecule has 2 aliphatic rings. The maximum absolute atomic E-state index is 9.45. The highest BCUT2D eigenvalue weighted by Gasteiger charge is 2.36. The molecule has 0 bridgehead atoms. The Bertz CT molecular complexity index is 683. The van der Waals surface area contributed by atoms with E-state index in [0.29, 0.717) is 22.5 Å². The molecule has 0 spiro atoms. The Hall–Kier alpha value is -1.18. The third-order valence-electron chi connectivity index (χ3n) is 3.74. The summed E-state index contributed by atoms with van der Waals surface area (Å²) in [6, 6.07) is 0.521. The van der Waals surface area contributed by atoms with E-state index in [4.69, 9.17) is 11.6 Å². The number of aliphatic hydroxyl groups excluding tert-OH is 1. The fraction of sp³-hybridized carbons (Fsp3) is 0.538.